The van der Waals surface area contributed by atoms with Crippen molar-refractivity contribution in [1.29, 1.82) is 0 Å². The molecule has 0 saturated heterocycles. The van der Waals surface area contributed by atoms with Gasteiger partial charge in [-0.25, -0.2) is 4.79 Å². The Morgan fingerprint density at radius 2 is 1.81 bits per heavy atom. The van der Waals surface area contributed by atoms with Gasteiger partial charge in [0.05, 0.1) is 30.7 Å². The van der Waals surface area contributed by atoms with Crippen molar-refractivity contribution in [3.05, 3.63) is 63.2 Å². The zero-order valence-corrected chi connectivity index (χ0v) is 18.0. The van der Waals surface area contributed by atoms with Crippen LogP contribution in [0.2, 0.25) is 0 Å². The number of amides is 1. The highest BCUT2D eigenvalue weighted by molar-refractivity contribution is 5.96. The fourth-order valence-electron chi connectivity index (χ4n) is 2.91. The van der Waals surface area contributed by atoms with Crippen molar-refractivity contribution in [2.45, 2.75) is 33.2 Å². The second kappa shape index (κ2) is 11.0. The van der Waals surface area contributed by atoms with Crippen LogP contribution in [0.4, 0.5) is 5.69 Å². The molecule has 0 aliphatic rings. The molecular formula is C22H26N2O7. The van der Waals surface area contributed by atoms with Gasteiger partial charge in [-0.1, -0.05) is 31.2 Å². The highest BCUT2D eigenvalue weighted by Crippen LogP contribution is 2.35. The summed E-state index contributed by atoms with van der Waals surface area (Å²) in [5, 5.41) is 14.1. The molecule has 1 amide bonds. The molecule has 0 aromatic heterocycles. The molecule has 2 aromatic rings. The molecule has 1 N–H and O–H groups in total. The number of rotatable bonds is 10. The molecule has 0 aliphatic carbocycles. The first-order valence-electron chi connectivity index (χ1n) is 9.85. The number of nitrogens with one attached hydrogen (secondary N) is 1. The molecule has 9 heteroatoms. The summed E-state index contributed by atoms with van der Waals surface area (Å²) in [6, 6.07) is 9.78. The van der Waals surface area contributed by atoms with Crippen molar-refractivity contribution in [3.63, 3.8) is 0 Å². The minimum atomic E-state index is -1.01. The Balaban J connectivity index is 2.06. The quantitative estimate of drug-likeness (QED) is 0.348. The van der Waals surface area contributed by atoms with Gasteiger partial charge < -0.3 is 19.5 Å². The minimum absolute atomic E-state index is 0.133. The van der Waals surface area contributed by atoms with E-state index >= 15 is 0 Å². The number of nitro benzene ring substituents is 1. The lowest BCUT2D eigenvalue weighted by atomic mass is 10.1. The lowest BCUT2D eigenvalue weighted by molar-refractivity contribution is -0.385. The fourth-order valence-corrected chi connectivity index (χ4v) is 2.91. The largest absolute Gasteiger partial charge is 0.493 e. The predicted octanol–water partition coefficient (Wildman–Crippen LogP) is 3.60. The van der Waals surface area contributed by atoms with Gasteiger partial charge in [-0.05, 0) is 31.4 Å². The number of hydrogen-bond donors (Lipinski definition) is 1. The van der Waals surface area contributed by atoms with Crippen molar-refractivity contribution in [3.8, 4) is 11.5 Å². The van der Waals surface area contributed by atoms with Crippen LogP contribution in [0, 0.1) is 10.1 Å². The van der Waals surface area contributed by atoms with E-state index in [1.54, 1.807) is 6.92 Å². The highest BCUT2D eigenvalue weighted by Gasteiger charge is 2.26. The number of hydrogen-bond acceptors (Lipinski definition) is 7. The van der Waals surface area contributed by atoms with Crippen LogP contribution >= 0.6 is 0 Å². The van der Waals surface area contributed by atoms with Gasteiger partial charge in [0.25, 0.3) is 11.6 Å². The Labute approximate surface area is 180 Å². The molecule has 9 nitrogen and oxygen atoms in total. The number of aryl methyl sites for hydroxylation is 1. The molecule has 1 unspecified atom stereocenters. The number of carbonyl (C=O) groups is 2. The Hall–Kier alpha value is -3.62. The maximum atomic E-state index is 12.4. The van der Waals surface area contributed by atoms with Gasteiger partial charge >= 0.3 is 5.97 Å². The third-order valence-corrected chi connectivity index (χ3v) is 4.60. The maximum absolute atomic E-state index is 12.4. The Morgan fingerprint density at radius 1 is 1.13 bits per heavy atom. The molecule has 166 valence electrons. The third-order valence-electron chi connectivity index (χ3n) is 4.60. The molecular weight excluding hydrogens is 404 g/mol. The molecule has 0 saturated carbocycles. The summed E-state index contributed by atoms with van der Waals surface area (Å²) in [5.41, 5.74) is 1.26. The van der Waals surface area contributed by atoms with E-state index in [2.05, 4.69) is 12.2 Å². The highest BCUT2D eigenvalue weighted by atomic mass is 16.6. The van der Waals surface area contributed by atoms with Gasteiger partial charge in [0.2, 0.25) is 0 Å². The first-order chi connectivity index (χ1) is 14.8. The number of esters is 1. The number of nitro groups is 1. The molecule has 2 aromatic carbocycles. The summed E-state index contributed by atoms with van der Waals surface area (Å²) in [7, 11) is 1.35. The van der Waals surface area contributed by atoms with Gasteiger partial charge in [-0.3, -0.25) is 14.9 Å². The molecule has 0 fully saturated rings. The van der Waals surface area contributed by atoms with E-state index in [0.717, 1.165) is 18.1 Å². The average molecular weight is 430 g/mol. The first-order valence-corrected chi connectivity index (χ1v) is 9.85. The van der Waals surface area contributed by atoms with E-state index in [4.69, 9.17) is 14.2 Å². The lowest BCUT2D eigenvalue weighted by Crippen LogP contribution is -2.31. The Kier molecular flexibility index (Phi) is 8.36. The van der Waals surface area contributed by atoms with Crippen LogP contribution < -0.4 is 14.8 Å². The second-order valence-corrected chi connectivity index (χ2v) is 6.67. The minimum Gasteiger partial charge on any atom is -0.493 e. The lowest BCUT2D eigenvalue weighted by Gasteiger charge is -2.15. The molecule has 0 aliphatic heterocycles. The summed E-state index contributed by atoms with van der Waals surface area (Å²) in [6.07, 6.45) is 0.916. The van der Waals surface area contributed by atoms with Crippen molar-refractivity contribution in [2.24, 2.45) is 0 Å². The third kappa shape index (κ3) is 6.18. The van der Waals surface area contributed by atoms with Gasteiger partial charge in [0, 0.05) is 6.07 Å². The summed E-state index contributed by atoms with van der Waals surface area (Å²) in [4.78, 5) is 35.3. The van der Waals surface area contributed by atoms with E-state index < -0.39 is 29.1 Å². The molecule has 1 atom stereocenters. The number of carbonyl (C=O) groups excluding carboxylic acids is 2. The molecule has 0 heterocycles. The average Bonchev–Trinajstić information content (AvgIpc) is 2.77. The normalized spacial score (nSPS) is 11.4. The number of nitrogens with zero attached hydrogens (tertiary/aromatic N) is 1. The van der Waals surface area contributed by atoms with Crippen molar-refractivity contribution in [1.82, 2.24) is 5.32 Å². The molecule has 31 heavy (non-hydrogen) atoms. The number of ether oxygens (including phenoxy) is 3. The van der Waals surface area contributed by atoms with E-state index in [1.165, 1.54) is 18.7 Å². The summed E-state index contributed by atoms with van der Waals surface area (Å²) >= 11 is 0. The van der Waals surface area contributed by atoms with Crippen LogP contribution in [-0.2, 0) is 16.0 Å². The van der Waals surface area contributed by atoms with Gasteiger partial charge in [0.1, 0.15) is 5.56 Å². The van der Waals surface area contributed by atoms with Crippen LogP contribution in [0.25, 0.3) is 0 Å². The topological polar surface area (TPSA) is 117 Å². The monoisotopic (exact) mass is 430 g/mol. The molecule has 0 bridgehead atoms. The van der Waals surface area contributed by atoms with Crippen LogP contribution in [-0.4, -0.2) is 37.1 Å². The summed E-state index contributed by atoms with van der Waals surface area (Å²) in [6.45, 7) is 5.26. The zero-order chi connectivity index (χ0) is 23.0. The fraction of sp³-hybridized carbons (Fsp3) is 0.364. The van der Waals surface area contributed by atoms with E-state index in [-0.39, 0.29) is 29.7 Å². The predicted molar refractivity (Wildman–Crippen MR) is 113 cm³/mol. The zero-order valence-electron chi connectivity index (χ0n) is 18.0. The maximum Gasteiger partial charge on any atom is 0.345 e. The van der Waals surface area contributed by atoms with Crippen LogP contribution in [0.5, 0.6) is 11.5 Å². The van der Waals surface area contributed by atoms with E-state index in [0.29, 0.717) is 0 Å². The molecule has 0 spiro atoms. The Bertz CT molecular complexity index is 942. The first kappa shape index (κ1) is 23.7. The smallest absolute Gasteiger partial charge is 0.345 e. The van der Waals surface area contributed by atoms with Crippen LogP contribution in [0.15, 0.2) is 36.4 Å². The van der Waals surface area contributed by atoms with Crippen molar-refractivity contribution >= 4 is 17.6 Å². The Morgan fingerprint density at radius 3 is 2.35 bits per heavy atom. The van der Waals surface area contributed by atoms with Gasteiger partial charge in [-0.2, -0.15) is 0 Å². The molecule has 2 rings (SSSR count). The van der Waals surface area contributed by atoms with Crippen LogP contribution in [0.3, 0.4) is 0 Å². The number of methoxy groups -OCH3 is 1. The summed E-state index contributed by atoms with van der Waals surface area (Å²) in [5.74, 6) is -1.26. The van der Waals surface area contributed by atoms with E-state index in [1.807, 2.05) is 31.2 Å². The molecule has 0 radical (unpaired) electrons. The van der Waals surface area contributed by atoms with Gasteiger partial charge in [0.15, 0.2) is 18.1 Å². The van der Waals surface area contributed by atoms with Crippen LogP contribution in [0.1, 0.15) is 48.3 Å². The van der Waals surface area contributed by atoms with Crippen molar-refractivity contribution < 1.29 is 28.7 Å². The van der Waals surface area contributed by atoms with E-state index in [9.17, 15) is 19.7 Å². The SMILES string of the molecule is CCOc1cc([N+](=O)[O-])c(C(=O)OCC(=O)NC(C)c2ccc(CC)cc2)cc1OC. The standard InChI is InChI=1S/C22H26N2O7/c1-5-15-7-9-16(10-8-15)14(3)23-21(25)13-31-22(26)17-11-19(29-4)20(30-6-2)12-18(17)24(27)28/h7-12,14H,5-6,13H2,1-4H3,(H,23,25). The number of benzene rings is 2. The summed E-state index contributed by atoms with van der Waals surface area (Å²) < 4.78 is 15.4. The van der Waals surface area contributed by atoms with Crippen molar-refractivity contribution in [2.75, 3.05) is 20.3 Å². The second-order valence-electron chi connectivity index (χ2n) is 6.67. The van der Waals surface area contributed by atoms with Gasteiger partial charge in [-0.15, -0.1) is 0 Å².